The van der Waals surface area contributed by atoms with Crippen molar-refractivity contribution in [3.05, 3.63) is 96.1 Å². The topological polar surface area (TPSA) is 58.6 Å². The van der Waals surface area contributed by atoms with Gasteiger partial charge in [-0.15, -0.1) is 0 Å². The summed E-state index contributed by atoms with van der Waals surface area (Å²) in [5, 5.41) is 14.3. The summed E-state index contributed by atoms with van der Waals surface area (Å²) >= 11 is 0. The molecule has 5 rings (SSSR count). The van der Waals surface area contributed by atoms with Crippen molar-refractivity contribution in [2.24, 2.45) is 0 Å². The Labute approximate surface area is 168 Å². The van der Waals surface area contributed by atoms with Crippen LogP contribution in [0.15, 0.2) is 84.9 Å². The third-order valence-electron chi connectivity index (χ3n) is 5.41. The zero-order valence-corrected chi connectivity index (χ0v) is 15.6. The number of hydrogen-bond donors (Lipinski definition) is 2. The first-order valence-electron chi connectivity index (χ1n) is 9.54. The van der Waals surface area contributed by atoms with Crippen LogP contribution in [0.4, 0.5) is 10.5 Å². The second-order valence-electron chi connectivity index (χ2n) is 7.20. The normalized spacial score (nSPS) is 12.4. The number of carbonyl (C=O) groups excluding carboxylic acids is 1. The number of nitrogens with one attached hydrogen (secondary N) is 1. The van der Waals surface area contributed by atoms with E-state index in [1.54, 1.807) is 12.1 Å². The number of aromatic hydroxyl groups is 1. The SMILES string of the molecule is O=C(Nc1ccc2ccc(O)cc2c1)OCC1c2ccccc2-c2ccccc21. The van der Waals surface area contributed by atoms with Crippen LogP contribution in [0.25, 0.3) is 21.9 Å². The van der Waals surface area contributed by atoms with Gasteiger partial charge in [0, 0.05) is 11.6 Å². The maximum atomic E-state index is 12.4. The molecule has 4 heteroatoms. The van der Waals surface area contributed by atoms with Gasteiger partial charge >= 0.3 is 6.09 Å². The average Bonchev–Trinajstić information content (AvgIpc) is 3.06. The van der Waals surface area contributed by atoms with Gasteiger partial charge in [0.1, 0.15) is 12.4 Å². The summed E-state index contributed by atoms with van der Waals surface area (Å²) in [4.78, 5) is 12.4. The number of hydrogen-bond acceptors (Lipinski definition) is 3. The molecule has 0 saturated heterocycles. The molecule has 0 spiro atoms. The van der Waals surface area contributed by atoms with E-state index in [-0.39, 0.29) is 18.3 Å². The van der Waals surface area contributed by atoms with Gasteiger partial charge in [0.05, 0.1) is 0 Å². The zero-order valence-electron chi connectivity index (χ0n) is 15.6. The second kappa shape index (κ2) is 6.99. The second-order valence-corrected chi connectivity index (χ2v) is 7.20. The Morgan fingerprint density at radius 3 is 2.21 bits per heavy atom. The average molecular weight is 381 g/mol. The van der Waals surface area contributed by atoms with E-state index in [1.165, 1.54) is 22.3 Å². The van der Waals surface area contributed by atoms with E-state index in [1.807, 2.05) is 48.5 Å². The van der Waals surface area contributed by atoms with Crippen LogP contribution in [0.2, 0.25) is 0 Å². The molecule has 0 radical (unpaired) electrons. The van der Waals surface area contributed by atoms with Gasteiger partial charge in [-0.25, -0.2) is 4.79 Å². The molecule has 4 aromatic rings. The highest BCUT2D eigenvalue weighted by Gasteiger charge is 2.28. The highest BCUT2D eigenvalue weighted by molar-refractivity contribution is 5.92. The van der Waals surface area contributed by atoms with E-state index in [2.05, 4.69) is 29.6 Å². The Bertz CT molecular complexity index is 1190. The Balaban J connectivity index is 1.32. The van der Waals surface area contributed by atoms with Crippen LogP contribution in [0.3, 0.4) is 0 Å². The molecule has 0 aliphatic heterocycles. The number of carbonyl (C=O) groups is 1. The van der Waals surface area contributed by atoms with Gasteiger partial charge in [-0.05, 0) is 57.3 Å². The first-order chi connectivity index (χ1) is 14.2. The number of anilines is 1. The van der Waals surface area contributed by atoms with E-state index in [9.17, 15) is 9.90 Å². The standard InChI is InChI=1S/C25H19NO3/c27-19-12-10-16-9-11-18(13-17(16)14-19)26-25(28)29-15-24-22-7-3-1-5-20(22)21-6-2-4-8-23(21)24/h1-14,24,27H,15H2,(H,26,28). The summed E-state index contributed by atoms with van der Waals surface area (Å²) < 4.78 is 5.58. The maximum Gasteiger partial charge on any atom is 0.411 e. The molecule has 4 aromatic carbocycles. The summed E-state index contributed by atoms with van der Waals surface area (Å²) in [6, 6.07) is 27.2. The van der Waals surface area contributed by atoms with Crippen molar-refractivity contribution in [3.8, 4) is 16.9 Å². The lowest BCUT2D eigenvalue weighted by Crippen LogP contribution is -2.17. The Morgan fingerprint density at radius 1 is 0.828 bits per heavy atom. The minimum Gasteiger partial charge on any atom is -0.508 e. The van der Waals surface area contributed by atoms with Crippen molar-refractivity contribution < 1.29 is 14.6 Å². The minimum atomic E-state index is -0.494. The fourth-order valence-corrected chi connectivity index (χ4v) is 4.06. The number of phenols is 1. The number of benzene rings is 4. The van der Waals surface area contributed by atoms with Crippen LogP contribution in [-0.2, 0) is 4.74 Å². The van der Waals surface area contributed by atoms with Gasteiger partial charge in [-0.3, -0.25) is 5.32 Å². The van der Waals surface area contributed by atoms with E-state index < -0.39 is 6.09 Å². The molecule has 142 valence electrons. The molecule has 0 saturated carbocycles. The highest BCUT2D eigenvalue weighted by Crippen LogP contribution is 2.44. The molecule has 0 aromatic heterocycles. The predicted octanol–water partition coefficient (Wildman–Crippen LogP) is 5.91. The van der Waals surface area contributed by atoms with Gasteiger partial charge in [-0.2, -0.15) is 0 Å². The zero-order chi connectivity index (χ0) is 19.8. The monoisotopic (exact) mass is 381 g/mol. The number of ether oxygens (including phenoxy) is 1. The molecule has 0 atom stereocenters. The molecule has 0 bridgehead atoms. The number of rotatable bonds is 3. The highest BCUT2D eigenvalue weighted by atomic mass is 16.5. The van der Waals surface area contributed by atoms with Crippen molar-refractivity contribution in [2.75, 3.05) is 11.9 Å². The summed E-state index contributed by atoms with van der Waals surface area (Å²) in [5.74, 6) is 0.220. The fraction of sp³-hybridized carbons (Fsp3) is 0.0800. The largest absolute Gasteiger partial charge is 0.508 e. The fourth-order valence-electron chi connectivity index (χ4n) is 4.06. The first-order valence-corrected chi connectivity index (χ1v) is 9.54. The quantitative estimate of drug-likeness (QED) is 0.464. The molecule has 2 N–H and O–H groups in total. The van der Waals surface area contributed by atoms with Gasteiger partial charge in [0.15, 0.2) is 0 Å². The van der Waals surface area contributed by atoms with Crippen LogP contribution >= 0.6 is 0 Å². The van der Waals surface area contributed by atoms with E-state index in [0.717, 1.165) is 10.8 Å². The summed E-state index contributed by atoms with van der Waals surface area (Å²) in [6.07, 6.45) is -0.494. The molecule has 0 fully saturated rings. The lowest BCUT2D eigenvalue weighted by Gasteiger charge is -2.14. The molecule has 1 aliphatic rings. The van der Waals surface area contributed by atoms with Crippen LogP contribution in [-0.4, -0.2) is 17.8 Å². The Morgan fingerprint density at radius 2 is 1.48 bits per heavy atom. The van der Waals surface area contributed by atoms with E-state index in [4.69, 9.17) is 4.74 Å². The van der Waals surface area contributed by atoms with E-state index in [0.29, 0.717) is 5.69 Å². The third kappa shape index (κ3) is 3.19. The number of fused-ring (bicyclic) bond motifs is 4. The molecular weight excluding hydrogens is 362 g/mol. The van der Waals surface area contributed by atoms with Crippen LogP contribution < -0.4 is 5.32 Å². The maximum absolute atomic E-state index is 12.4. The lowest BCUT2D eigenvalue weighted by molar-refractivity contribution is 0.158. The molecule has 0 unspecified atom stereocenters. The van der Waals surface area contributed by atoms with Crippen molar-refractivity contribution in [2.45, 2.75) is 5.92 Å². The van der Waals surface area contributed by atoms with Crippen LogP contribution in [0.1, 0.15) is 17.0 Å². The molecule has 0 heterocycles. The molecule has 29 heavy (non-hydrogen) atoms. The minimum absolute atomic E-state index is 0.0294. The summed E-state index contributed by atoms with van der Waals surface area (Å²) in [5.41, 5.74) is 5.39. The van der Waals surface area contributed by atoms with Crippen molar-refractivity contribution in [1.29, 1.82) is 0 Å². The summed E-state index contributed by atoms with van der Waals surface area (Å²) in [7, 11) is 0. The number of amides is 1. The first kappa shape index (κ1) is 17.3. The number of phenolic OH excluding ortho intramolecular Hbond substituents is 1. The lowest BCUT2D eigenvalue weighted by atomic mass is 9.98. The van der Waals surface area contributed by atoms with Crippen molar-refractivity contribution in [1.82, 2.24) is 0 Å². The van der Waals surface area contributed by atoms with Crippen molar-refractivity contribution >= 4 is 22.6 Å². The van der Waals surface area contributed by atoms with E-state index >= 15 is 0 Å². The third-order valence-corrected chi connectivity index (χ3v) is 5.41. The van der Waals surface area contributed by atoms with Crippen LogP contribution in [0.5, 0.6) is 5.75 Å². The van der Waals surface area contributed by atoms with Gasteiger partial charge in [0.2, 0.25) is 0 Å². The van der Waals surface area contributed by atoms with Gasteiger partial charge in [-0.1, -0.05) is 60.7 Å². The van der Waals surface area contributed by atoms with Gasteiger partial charge < -0.3 is 9.84 Å². The van der Waals surface area contributed by atoms with Gasteiger partial charge in [0.25, 0.3) is 0 Å². The van der Waals surface area contributed by atoms with Crippen LogP contribution in [0, 0.1) is 0 Å². The predicted molar refractivity (Wildman–Crippen MR) is 114 cm³/mol. The molecule has 4 nitrogen and oxygen atoms in total. The molecule has 1 amide bonds. The Hall–Kier alpha value is -3.79. The molecule has 1 aliphatic carbocycles. The Kier molecular flexibility index (Phi) is 4.17. The van der Waals surface area contributed by atoms with Crippen molar-refractivity contribution in [3.63, 3.8) is 0 Å². The smallest absolute Gasteiger partial charge is 0.411 e. The molecular formula is C25H19NO3. The summed E-state index contributed by atoms with van der Waals surface area (Å²) in [6.45, 7) is 0.272.